The molecule has 4 aromatic rings. The van der Waals surface area contributed by atoms with Gasteiger partial charge in [-0.15, -0.1) is 17.9 Å². The largest absolute Gasteiger partial charge is 0.300 e. The highest BCUT2D eigenvalue weighted by atomic mass is 32.2. The molecule has 3 heterocycles. The summed E-state index contributed by atoms with van der Waals surface area (Å²) in [6, 6.07) is 9.62. The highest BCUT2D eigenvalue weighted by Crippen LogP contribution is 2.34. The average Bonchev–Trinajstić information content (AvgIpc) is 3.38. The van der Waals surface area contributed by atoms with Crippen LogP contribution in [0.4, 0.5) is 5.13 Å². The first-order valence-electron chi connectivity index (χ1n) is 11.1. The van der Waals surface area contributed by atoms with Gasteiger partial charge in [0.25, 0.3) is 5.56 Å². The van der Waals surface area contributed by atoms with Gasteiger partial charge in [0.2, 0.25) is 11.0 Å². The van der Waals surface area contributed by atoms with Crippen LogP contribution < -0.4 is 10.9 Å². The van der Waals surface area contributed by atoms with E-state index in [1.807, 2.05) is 30.3 Å². The van der Waals surface area contributed by atoms with Crippen molar-refractivity contribution in [3.63, 3.8) is 0 Å². The van der Waals surface area contributed by atoms with E-state index < -0.39 is 0 Å². The van der Waals surface area contributed by atoms with Crippen molar-refractivity contribution in [2.24, 2.45) is 0 Å². The number of benzene rings is 1. The molecule has 7 nitrogen and oxygen atoms in total. The molecule has 0 unspecified atom stereocenters. The summed E-state index contributed by atoms with van der Waals surface area (Å²) in [6.45, 7) is 4.15. The van der Waals surface area contributed by atoms with Crippen LogP contribution in [-0.4, -0.2) is 30.6 Å². The molecule has 3 aromatic heterocycles. The Labute approximate surface area is 209 Å². The van der Waals surface area contributed by atoms with Crippen LogP contribution in [0.5, 0.6) is 0 Å². The molecule has 10 heteroatoms. The van der Waals surface area contributed by atoms with Crippen LogP contribution in [0.25, 0.3) is 21.6 Å². The maximum Gasteiger partial charge on any atom is 0.263 e. The van der Waals surface area contributed by atoms with Crippen LogP contribution in [0.15, 0.2) is 52.9 Å². The maximum atomic E-state index is 13.4. The van der Waals surface area contributed by atoms with E-state index in [9.17, 15) is 9.59 Å². The van der Waals surface area contributed by atoms with Crippen molar-refractivity contribution in [3.05, 3.63) is 63.8 Å². The van der Waals surface area contributed by atoms with E-state index in [0.29, 0.717) is 22.7 Å². The predicted octanol–water partition coefficient (Wildman–Crippen LogP) is 5.16. The van der Waals surface area contributed by atoms with Gasteiger partial charge in [-0.1, -0.05) is 54.6 Å². The van der Waals surface area contributed by atoms with Crippen molar-refractivity contribution in [1.82, 2.24) is 18.9 Å². The molecule has 0 bridgehead atoms. The molecule has 34 heavy (non-hydrogen) atoms. The molecule has 0 fully saturated rings. The number of hydrogen-bond acceptors (Lipinski definition) is 8. The fourth-order valence-electron chi connectivity index (χ4n) is 4.06. The highest BCUT2D eigenvalue weighted by Gasteiger charge is 2.22. The molecule has 0 atom stereocenters. The van der Waals surface area contributed by atoms with E-state index >= 15 is 0 Å². The summed E-state index contributed by atoms with van der Waals surface area (Å²) in [6.07, 6.45) is 7.09. The molecule has 1 aliphatic rings. The first-order valence-corrected chi connectivity index (χ1v) is 13.7. The summed E-state index contributed by atoms with van der Waals surface area (Å²) in [5.41, 5.74) is 2.03. The van der Waals surface area contributed by atoms with Crippen molar-refractivity contribution >= 4 is 55.9 Å². The van der Waals surface area contributed by atoms with Crippen LogP contribution in [0.1, 0.15) is 29.7 Å². The minimum Gasteiger partial charge on any atom is -0.300 e. The minimum absolute atomic E-state index is 0.0381. The van der Waals surface area contributed by atoms with Gasteiger partial charge in [0.05, 0.1) is 11.1 Å². The number of hydrogen-bond donors (Lipinski definition) is 1. The zero-order valence-electron chi connectivity index (χ0n) is 18.5. The quantitative estimate of drug-likeness (QED) is 0.160. The molecule has 0 spiro atoms. The van der Waals surface area contributed by atoms with Crippen LogP contribution >= 0.6 is 34.6 Å². The summed E-state index contributed by atoms with van der Waals surface area (Å²) in [4.78, 5) is 37.3. The van der Waals surface area contributed by atoms with Gasteiger partial charge in [-0.05, 0) is 31.2 Å². The van der Waals surface area contributed by atoms with E-state index in [1.54, 1.807) is 22.0 Å². The molecule has 0 saturated carbocycles. The van der Waals surface area contributed by atoms with Crippen molar-refractivity contribution in [2.75, 3.05) is 11.1 Å². The van der Waals surface area contributed by atoms with E-state index in [1.165, 1.54) is 28.6 Å². The lowest BCUT2D eigenvalue weighted by Crippen LogP contribution is -2.24. The number of anilines is 1. The zero-order chi connectivity index (χ0) is 23.5. The Morgan fingerprint density at radius 3 is 2.82 bits per heavy atom. The van der Waals surface area contributed by atoms with Gasteiger partial charge in [0.15, 0.2) is 11.0 Å². The number of aryl methyl sites for hydroxylation is 2. The van der Waals surface area contributed by atoms with E-state index in [2.05, 4.69) is 21.3 Å². The molecular weight excluding hydrogens is 486 g/mol. The Morgan fingerprint density at radius 1 is 1.18 bits per heavy atom. The summed E-state index contributed by atoms with van der Waals surface area (Å²) < 4.78 is 5.95. The topological polar surface area (TPSA) is 89.8 Å². The number of allylic oxidation sites excluding steroid dienone is 1. The molecule has 1 N–H and O–H groups in total. The molecule has 1 aliphatic carbocycles. The fourth-order valence-corrected chi connectivity index (χ4v) is 6.78. The highest BCUT2D eigenvalue weighted by molar-refractivity contribution is 7.99. The van der Waals surface area contributed by atoms with Gasteiger partial charge in [0, 0.05) is 28.5 Å². The van der Waals surface area contributed by atoms with Crippen LogP contribution in [-0.2, 0) is 24.2 Å². The number of fused-ring (bicyclic) bond motifs is 3. The van der Waals surface area contributed by atoms with Gasteiger partial charge in [-0.25, -0.2) is 4.98 Å². The van der Waals surface area contributed by atoms with E-state index in [-0.39, 0.29) is 17.2 Å². The number of aromatic nitrogens is 4. The van der Waals surface area contributed by atoms with Crippen LogP contribution in [0.3, 0.4) is 0 Å². The Balaban J connectivity index is 1.35. The number of amides is 1. The molecule has 5 rings (SSSR count). The summed E-state index contributed by atoms with van der Waals surface area (Å²) in [7, 11) is 0. The average molecular weight is 510 g/mol. The summed E-state index contributed by atoms with van der Waals surface area (Å²) in [5.74, 6) is 0.473. The monoisotopic (exact) mass is 509 g/mol. The molecule has 0 aliphatic heterocycles. The summed E-state index contributed by atoms with van der Waals surface area (Å²) in [5, 5.41) is 4.53. The Hall–Kier alpha value is -2.82. The molecule has 174 valence electrons. The second-order valence-electron chi connectivity index (χ2n) is 7.97. The Bertz CT molecular complexity index is 1410. The third kappa shape index (κ3) is 4.70. The third-order valence-electron chi connectivity index (χ3n) is 5.64. The lowest BCUT2D eigenvalue weighted by Gasteiger charge is -2.10. The maximum absolute atomic E-state index is 13.4. The second kappa shape index (κ2) is 10.2. The minimum atomic E-state index is -0.220. The number of thiophene rings is 1. The normalized spacial score (nSPS) is 13.4. The van der Waals surface area contributed by atoms with Crippen molar-refractivity contribution in [1.29, 1.82) is 0 Å². The predicted molar refractivity (Wildman–Crippen MR) is 140 cm³/mol. The first kappa shape index (κ1) is 22.9. The van der Waals surface area contributed by atoms with E-state index in [4.69, 9.17) is 4.98 Å². The number of rotatable bonds is 7. The Kier molecular flexibility index (Phi) is 6.89. The standard InChI is InChI=1S/C24H23N5O2S3/c1-2-13-29-22(31)19-16-11-7-4-8-12-17(16)33-21(19)27-24(29)32-14-18(30)25-23-26-20(28-34-23)15-9-5-3-6-10-15/h2-3,5-6,9-10H,1,4,7-8,11-14H2,(H,25,26,28,30). The van der Waals surface area contributed by atoms with Crippen molar-refractivity contribution in [2.45, 2.75) is 43.8 Å². The van der Waals surface area contributed by atoms with Gasteiger partial charge in [-0.2, -0.15) is 9.36 Å². The van der Waals surface area contributed by atoms with Crippen molar-refractivity contribution < 1.29 is 4.79 Å². The number of carbonyl (C=O) groups excluding carboxylic acids is 1. The number of thioether (sulfide) groups is 1. The lowest BCUT2D eigenvalue weighted by molar-refractivity contribution is -0.113. The molecule has 0 saturated heterocycles. The SMILES string of the molecule is C=CCn1c(SCC(=O)Nc2nc(-c3ccccc3)ns2)nc2sc3c(c2c1=O)CCCCC3. The van der Waals surface area contributed by atoms with Gasteiger partial charge < -0.3 is 0 Å². The van der Waals surface area contributed by atoms with Gasteiger partial charge >= 0.3 is 0 Å². The Morgan fingerprint density at radius 2 is 2.00 bits per heavy atom. The smallest absolute Gasteiger partial charge is 0.263 e. The number of carbonyl (C=O) groups is 1. The first-order chi connectivity index (χ1) is 16.6. The molecule has 1 amide bonds. The van der Waals surface area contributed by atoms with Crippen LogP contribution in [0, 0.1) is 0 Å². The van der Waals surface area contributed by atoms with Gasteiger partial charge in [-0.3, -0.25) is 19.5 Å². The zero-order valence-corrected chi connectivity index (χ0v) is 20.9. The van der Waals surface area contributed by atoms with E-state index in [0.717, 1.165) is 53.0 Å². The lowest BCUT2D eigenvalue weighted by atomic mass is 10.1. The fraction of sp³-hybridized carbons (Fsp3) is 0.292. The van der Waals surface area contributed by atoms with Gasteiger partial charge in [0.1, 0.15) is 4.83 Å². The van der Waals surface area contributed by atoms with Crippen LogP contribution in [0.2, 0.25) is 0 Å². The van der Waals surface area contributed by atoms with Crippen molar-refractivity contribution in [3.8, 4) is 11.4 Å². The molecule has 0 radical (unpaired) electrons. The molecule has 1 aromatic carbocycles. The number of nitrogens with zero attached hydrogens (tertiary/aromatic N) is 4. The molecular formula is C24H23N5O2S3. The third-order valence-corrected chi connectivity index (χ3v) is 8.43. The second-order valence-corrected chi connectivity index (χ2v) is 10.7. The summed E-state index contributed by atoms with van der Waals surface area (Å²) >= 11 is 4.02. The number of nitrogens with one attached hydrogen (secondary N) is 1.